The van der Waals surface area contributed by atoms with E-state index >= 15 is 0 Å². The van der Waals surface area contributed by atoms with E-state index in [0.29, 0.717) is 34.7 Å². The summed E-state index contributed by atoms with van der Waals surface area (Å²) in [6, 6.07) is 7.92. The maximum absolute atomic E-state index is 13.0. The SMILES string of the molecule is CCOc1ccc(-c2nc(CSc3nnc4ccc(C(F)(F)F)cn34)cs2)cc1OC. The molecule has 6 nitrogen and oxygen atoms in total. The van der Waals surface area contributed by atoms with Crippen LogP contribution in [0, 0.1) is 0 Å². The Hall–Kier alpha value is -2.79. The Labute approximate surface area is 184 Å². The van der Waals surface area contributed by atoms with Crippen molar-refractivity contribution in [3.05, 3.63) is 53.2 Å². The molecule has 0 aliphatic carbocycles. The van der Waals surface area contributed by atoms with Crippen molar-refractivity contribution in [2.45, 2.75) is 24.0 Å². The highest BCUT2D eigenvalue weighted by molar-refractivity contribution is 7.98. The minimum absolute atomic E-state index is 0.357. The van der Waals surface area contributed by atoms with E-state index in [9.17, 15) is 13.2 Å². The number of ether oxygens (including phenoxy) is 2. The van der Waals surface area contributed by atoms with Gasteiger partial charge in [-0.15, -0.1) is 21.5 Å². The smallest absolute Gasteiger partial charge is 0.417 e. The van der Waals surface area contributed by atoms with E-state index in [-0.39, 0.29) is 0 Å². The van der Waals surface area contributed by atoms with Gasteiger partial charge < -0.3 is 9.47 Å². The third-order valence-electron chi connectivity index (χ3n) is 4.31. The van der Waals surface area contributed by atoms with E-state index in [1.54, 1.807) is 7.11 Å². The zero-order chi connectivity index (χ0) is 22.0. The van der Waals surface area contributed by atoms with E-state index in [1.807, 2.05) is 30.5 Å². The number of hydrogen-bond donors (Lipinski definition) is 0. The lowest BCUT2D eigenvalue weighted by Gasteiger charge is -2.09. The molecule has 11 heteroatoms. The van der Waals surface area contributed by atoms with E-state index in [4.69, 9.17) is 9.47 Å². The number of thioether (sulfide) groups is 1. The Morgan fingerprint density at radius 2 is 1.97 bits per heavy atom. The molecular formula is C20H17F3N4O2S2. The number of aromatic nitrogens is 4. The number of hydrogen-bond acceptors (Lipinski definition) is 7. The van der Waals surface area contributed by atoms with E-state index in [2.05, 4.69) is 15.2 Å². The first kappa shape index (κ1) is 21.4. The Balaban J connectivity index is 1.51. The highest BCUT2D eigenvalue weighted by Crippen LogP contribution is 2.35. The molecule has 0 saturated carbocycles. The first-order valence-electron chi connectivity index (χ1n) is 9.19. The zero-order valence-electron chi connectivity index (χ0n) is 16.5. The number of benzene rings is 1. The van der Waals surface area contributed by atoms with Crippen LogP contribution >= 0.6 is 23.1 Å². The molecule has 0 amide bonds. The molecule has 0 saturated heterocycles. The molecule has 0 atom stereocenters. The fourth-order valence-corrected chi connectivity index (χ4v) is 4.59. The number of nitrogens with zero attached hydrogens (tertiary/aromatic N) is 4. The van der Waals surface area contributed by atoms with Gasteiger partial charge in [0.1, 0.15) is 5.01 Å². The van der Waals surface area contributed by atoms with Gasteiger partial charge in [-0.3, -0.25) is 4.40 Å². The largest absolute Gasteiger partial charge is 0.493 e. The molecule has 1 aromatic carbocycles. The lowest BCUT2D eigenvalue weighted by Crippen LogP contribution is -2.06. The maximum atomic E-state index is 13.0. The maximum Gasteiger partial charge on any atom is 0.417 e. The van der Waals surface area contributed by atoms with Crippen LogP contribution in [0.1, 0.15) is 18.2 Å². The Bertz CT molecular complexity index is 1210. The topological polar surface area (TPSA) is 61.5 Å². The van der Waals surface area contributed by atoms with E-state index < -0.39 is 11.7 Å². The summed E-state index contributed by atoms with van der Waals surface area (Å²) in [5, 5.41) is 11.0. The second kappa shape index (κ2) is 8.75. The third kappa shape index (κ3) is 4.62. The lowest BCUT2D eigenvalue weighted by molar-refractivity contribution is -0.137. The molecule has 0 aliphatic heterocycles. The number of rotatable bonds is 7. The van der Waals surface area contributed by atoms with Gasteiger partial charge in [-0.05, 0) is 37.3 Å². The molecule has 31 heavy (non-hydrogen) atoms. The van der Waals surface area contributed by atoms with Crippen LogP contribution in [0.3, 0.4) is 0 Å². The molecule has 3 aromatic heterocycles. The molecule has 0 aliphatic rings. The van der Waals surface area contributed by atoms with Gasteiger partial charge in [0.25, 0.3) is 0 Å². The van der Waals surface area contributed by atoms with Crippen LogP contribution < -0.4 is 9.47 Å². The van der Waals surface area contributed by atoms with Gasteiger partial charge in [-0.25, -0.2) is 4.98 Å². The zero-order valence-corrected chi connectivity index (χ0v) is 18.1. The highest BCUT2D eigenvalue weighted by Gasteiger charge is 2.31. The minimum Gasteiger partial charge on any atom is -0.493 e. The van der Waals surface area contributed by atoms with Crippen LogP contribution in [-0.4, -0.2) is 33.3 Å². The standard InChI is InChI=1S/C20H17F3N4O2S2/c1-3-29-15-6-4-12(8-16(15)28-2)18-24-14(10-30-18)11-31-19-26-25-17-7-5-13(9-27(17)19)20(21,22)23/h4-10H,3,11H2,1-2H3. The van der Waals surface area contributed by atoms with Crippen molar-refractivity contribution in [2.24, 2.45) is 0 Å². The Kier molecular flexibility index (Phi) is 6.05. The monoisotopic (exact) mass is 466 g/mol. The van der Waals surface area contributed by atoms with Crippen molar-refractivity contribution < 1.29 is 22.6 Å². The van der Waals surface area contributed by atoms with Crippen LogP contribution in [0.2, 0.25) is 0 Å². The predicted octanol–water partition coefficient (Wildman–Crippen LogP) is 5.57. The fourth-order valence-electron chi connectivity index (χ4n) is 2.86. The summed E-state index contributed by atoms with van der Waals surface area (Å²) in [5.74, 6) is 1.74. The molecule has 0 N–H and O–H groups in total. The van der Waals surface area contributed by atoms with Crippen molar-refractivity contribution in [3.63, 3.8) is 0 Å². The van der Waals surface area contributed by atoms with Crippen molar-refractivity contribution in [2.75, 3.05) is 13.7 Å². The molecule has 0 unspecified atom stereocenters. The molecule has 4 rings (SSSR count). The van der Waals surface area contributed by atoms with Crippen LogP contribution in [0.5, 0.6) is 11.5 Å². The summed E-state index contributed by atoms with van der Waals surface area (Å²) in [5.41, 5.74) is 1.30. The summed E-state index contributed by atoms with van der Waals surface area (Å²) >= 11 is 2.75. The number of halogens is 3. The van der Waals surface area contributed by atoms with E-state index in [1.165, 1.54) is 33.6 Å². The van der Waals surface area contributed by atoms with Gasteiger partial charge in [0.2, 0.25) is 0 Å². The Morgan fingerprint density at radius 1 is 1.13 bits per heavy atom. The van der Waals surface area contributed by atoms with Crippen molar-refractivity contribution >= 4 is 28.7 Å². The average molecular weight is 467 g/mol. The average Bonchev–Trinajstić information content (AvgIpc) is 3.38. The van der Waals surface area contributed by atoms with Crippen molar-refractivity contribution in [3.8, 4) is 22.1 Å². The molecule has 162 valence electrons. The molecular weight excluding hydrogens is 449 g/mol. The number of fused-ring (bicyclic) bond motifs is 1. The first-order valence-corrected chi connectivity index (χ1v) is 11.1. The molecule has 0 radical (unpaired) electrons. The predicted molar refractivity (Wildman–Crippen MR) is 113 cm³/mol. The number of pyridine rings is 1. The molecule has 0 fully saturated rings. The van der Waals surface area contributed by atoms with Crippen LogP contribution in [0.25, 0.3) is 16.2 Å². The summed E-state index contributed by atoms with van der Waals surface area (Å²) in [6.07, 6.45) is -3.42. The highest BCUT2D eigenvalue weighted by atomic mass is 32.2. The minimum atomic E-state index is -4.43. The van der Waals surface area contributed by atoms with Gasteiger partial charge >= 0.3 is 6.18 Å². The molecule has 4 aromatic rings. The summed E-state index contributed by atoms with van der Waals surface area (Å²) in [4.78, 5) is 4.63. The van der Waals surface area contributed by atoms with Gasteiger partial charge in [-0.1, -0.05) is 11.8 Å². The van der Waals surface area contributed by atoms with Gasteiger partial charge in [-0.2, -0.15) is 13.2 Å². The first-order chi connectivity index (χ1) is 14.9. The van der Waals surface area contributed by atoms with E-state index in [0.717, 1.165) is 28.5 Å². The third-order valence-corrected chi connectivity index (χ3v) is 6.23. The molecule has 0 spiro atoms. The normalized spacial score (nSPS) is 11.8. The van der Waals surface area contributed by atoms with Crippen molar-refractivity contribution in [1.82, 2.24) is 19.6 Å². The number of alkyl halides is 3. The molecule has 0 bridgehead atoms. The fraction of sp³-hybridized carbons (Fsp3) is 0.250. The summed E-state index contributed by atoms with van der Waals surface area (Å²) < 4.78 is 51.3. The van der Waals surface area contributed by atoms with Gasteiger partial charge in [0, 0.05) is 22.9 Å². The van der Waals surface area contributed by atoms with Crippen molar-refractivity contribution in [1.29, 1.82) is 0 Å². The van der Waals surface area contributed by atoms with Crippen LogP contribution in [0.4, 0.5) is 13.2 Å². The number of thiazole rings is 1. The summed E-state index contributed by atoms with van der Waals surface area (Å²) in [6.45, 7) is 2.44. The lowest BCUT2D eigenvalue weighted by atomic mass is 10.2. The second-order valence-electron chi connectivity index (χ2n) is 6.36. The van der Waals surface area contributed by atoms with Crippen LogP contribution in [-0.2, 0) is 11.9 Å². The second-order valence-corrected chi connectivity index (χ2v) is 8.16. The quantitative estimate of drug-likeness (QED) is 0.332. The summed E-state index contributed by atoms with van der Waals surface area (Å²) in [7, 11) is 1.58. The Morgan fingerprint density at radius 3 is 2.71 bits per heavy atom. The van der Waals surface area contributed by atoms with Crippen LogP contribution in [0.15, 0.2) is 47.1 Å². The number of methoxy groups -OCH3 is 1. The molecule has 3 heterocycles. The van der Waals surface area contributed by atoms with Gasteiger partial charge in [0.05, 0.1) is 25.0 Å². The van der Waals surface area contributed by atoms with Gasteiger partial charge in [0.15, 0.2) is 22.3 Å².